The zero-order chi connectivity index (χ0) is 19.7. The summed E-state index contributed by atoms with van der Waals surface area (Å²) in [7, 11) is 0. The van der Waals surface area contributed by atoms with Crippen molar-refractivity contribution in [3.63, 3.8) is 0 Å². The second-order valence-electron chi connectivity index (χ2n) is 8.79. The van der Waals surface area contributed by atoms with Crippen molar-refractivity contribution in [1.29, 1.82) is 0 Å². The zero-order valence-electron chi connectivity index (χ0n) is 17.3. The molecule has 5 heteroatoms. The molecular formula is C23H31FN4. The third-order valence-electron chi connectivity index (χ3n) is 6.56. The second-order valence-corrected chi connectivity index (χ2v) is 8.79. The van der Waals surface area contributed by atoms with Crippen molar-refractivity contribution in [1.82, 2.24) is 19.8 Å². The molecule has 3 heterocycles. The minimum atomic E-state index is -0.0843. The fourth-order valence-corrected chi connectivity index (χ4v) is 4.93. The molecule has 1 aromatic carbocycles. The lowest BCUT2D eigenvalue weighted by molar-refractivity contribution is 0.0856. The summed E-state index contributed by atoms with van der Waals surface area (Å²) < 4.78 is 14.1. The van der Waals surface area contributed by atoms with Gasteiger partial charge in [-0.3, -0.25) is 19.8 Å². The Bertz CT molecular complexity index is 852. The predicted octanol–water partition coefficient (Wildman–Crippen LogP) is 4.03. The van der Waals surface area contributed by atoms with Crippen LogP contribution in [-0.2, 0) is 13.1 Å². The molecule has 1 aromatic heterocycles. The molecule has 0 amide bonds. The highest BCUT2D eigenvalue weighted by atomic mass is 19.1. The molecule has 0 radical (unpaired) electrons. The van der Waals surface area contributed by atoms with E-state index in [2.05, 4.69) is 21.7 Å². The number of halogens is 1. The van der Waals surface area contributed by atoms with E-state index in [1.165, 1.54) is 19.3 Å². The Morgan fingerprint density at radius 1 is 0.893 bits per heavy atom. The number of likely N-dealkylation sites (tertiary alicyclic amines) is 2. The van der Waals surface area contributed by atoms with Gasteiger partial charge in [0.05, 0.1) is 22.8 Å². The number of benzene rings is 1. The molecule has 4 nitrogen and oxygen atoms in total. The van der Waals surface area contributed by atoms with E-state index in [0.29, 0.717) is 5.41 Å². The number of rotatable bonds is 4. The lowest BCUT2D eigenvalue weighted by Crippen LogP contribution is -2.44. The highest BCUT2D eigenvalue weighted by Gasteiger charge is 2.41. The number of hydrogen-bond acceptors (Lipinski definition) is 4. The zero-order valence-corrected chi connectivity index (χ0v) is 17.3. The number of nitrogens with zero attached hydrogens (tertiary/aromatic N) is 4. The number of aromatic nitrogens is 2. The summed E-state index contributed by atoms with van der Waals surface area (Å²) in [5, 5.41) is 0. The molecule has 2 fully saturated rings. The SMILES string of the molecule is Cc1nc(C)c(CN2CC[C@]3(CCCN(Cc4ccccc4F)C3)C2)nc1C. The molecule has 0 N–H and O–H groups in total. The monoisotopic (exact) mass is 382 g/mol. The van der Waals surface area contributed by atoms with Crippen LogP contribution in [0.3, 0.4) is 0 Å². The molecular weight excluding hydrogens is 351 g/mol. The Balaban J connectivity index is 1.41. The maximum Gasteiger partial charge on any atom is 0.127 e. The van der Waals surface area contributed by atoms with Crippen molar-refractivity contribution in [2.75, 3.05) is 26.2 Å². The molecule has 0 unspecified atom stereocenters. The Morgan fingerprint density at radius 3 is 2.39 bits per heavy atom. The van der Waals surface area contributed by atoms with Crippen LogP contribution in [0.25, 0.3) is 0 Å². The average molecular weight is 383 g/mol. The quantitative estimate of drug-likeness (QED) is 0.799. The van der Waals surface area contributed by atoms with Crippen LogP contribution in [0.2, 0.25) is 0 Å². The van der Waals surface area contributed by atoms with E-state index in [0.717, 1.165) is 67.6 Å². The predicted molar refractivity (Wildman–Crippen MR) is 109 cm³/mol. The van der Waals surface area contributed by atoms with Crippen LogP contribution in [0.4, 0.5) is 4.39 Å². The molecule has 2 aliphatic heterocycles. The molecule has 0 aliphatic carbocycles. The lowest BCUT2D eigenvalue weighted by Gasteiger charge is -2.40. The van der Waals surface area contributed by atoms with E-state index in [1.54, 1.807) is 12.1 Å². The molecule has 2 saturated heterocycles. The fourth-order valence-electron chi connectivity index (χ4n) is 4.93. The third-order valence-corrected chi connectivity index (χ3v) is 6.56. The highest BCUT2D eigenvalue weighted by molar-refractivity contribution is 5.19. The molecule has 1 spiro atoms. The lowest BCUT2D eigenvalue weighted by atomic mass is 9.79. The van der Waals surface area contributed by atoms with Gasteiger partial charge in [0, 0.05) is 31.7 Å². The first-order chi connectivity index (χ1) is 13.4. The van der Waals surface area contributed by atoms with E-state index in [1.807, 2.05) is 26.0 Å². The van der Waals surface area contributed by atoms with Crippen molar-refractivity contribution in [3.05, 3.63) is 58.4 Å². The summed E-state index contributed by atoms with van der Waals surface area (Å²) in [6.45, 7) is 12.1. The summed E-state index contributed by atoms with van der Waals surface area (Å²) in [5.41, 5.74) is 5.37. The fraction of sp³-hybridized carbons (Fsp3) is 0.565. The standard InChI is InChI=1S/C23H31FN4/c1-17-18(2)26-22(19(3)25-17)14-28-12-10-23(16-28)9-6-11-27(15-23)13-20-7-4-5-8-21(20)24/h4-5,7-8H,6,9-16H2,1-3H3/t23-/m0/s1. The summed E-state index contributed by atoms with van der Waals surface area (Å²) in [6, 6.07) is 7.18. The average Bonchev–Trinajstić information content (AvgIpc) is 3.03. The Hall–Kier alpha value is -1.85. The second kappa shape index (κ2) is 7.88. The van der Waals surface area contributed by atoms with Gasteiger partial charge in [0.15, 0.2) is 0 Å². The molecule has 2 aromatic rings. The topological polar surface area (TPSA) is 32.3 Å². The van der Waals surface area contributed by atoms with Crippen LogP contribution in [0.1, 0.15) is 47.6 Å². The minimum Gasteiger partial charge on any atom is -0.298 e. The van der Waals surface area contributed by atoms with Crippen LogP contribution in [0.5, 0.6) is 0 Å². The van der Waals surface area contributed by atoms with Crippen LogP contribution in [-0.4, -0.2) is 45.9 Å². The van der Waals surface area contributed by atoms with Gasteiger partial charge < -0.3 is 0 Å². The maximum atomic E-state index is 14.1. The van der Waals surface area contributed by atoms with Crippen molar-refractivity contribution >= 4 is 0 Å². The molecule has 0 saturated carbocycles. The van der Waals surface area contributed by atoms with E-state index in [9.17, 15) is 4.39 Å². The van der Waals surface area contributed by atoms with Crippen LogP contribution in [0.15, 0.2) is 24.3 Å². The molecule has 2 aliphatic rings. The smallest absolute Gasteiger partial charge is 0.127 e. The van der Waals surface area contributed by atoms with Gasteiger partial charge in [0.25, 0.3) is 0 Å². The molecule has 150 valence electrons. The van der Waals surface area contributed by atoms with Gasteiger partial charge in [-0.25, -0.2) is 4.39 Å². The Morgan fingerprint density at radius 2 is 1.61 bits per heavy atom. The number of piperidine rings is 1. The molecule has 28 heavy (non-hydrogen) atoms. The first-order valence-corrected chi connectivity index (χ1v) is 10.4. The Labute approximate surface area is 167 Å². The summed E-state index contributed by atoms with van der Waals surface area (Å²) in [6.07, 6.45) is 3.69. The van der Waals surface area contributed by atoms with Gasteiger partial charge in [-0.05, 0) is 64.6 Å². The van der Waals surface area contributed by atoms with E-state index in [-0.39, 0.29) is 5.82 Å². The Kier molecular flexibility index (Phi) is 5.48. The van der Waals surface area contributed by atoms with E-state index < -0.39 is 0 Å². The van der Waals surface area contributed by atoms with E-state index >= 15 is 0 Å². The number of hydrogen-bond donors (Lipinski definition) is 0. The van der Waals surface area contributed by atoms with Crippen LogP contribution >= 0.6 is 0 Å². The van der Waals surface area contributed by atoms with Gasteiger partial charge in [0.2, 0.25) is 0 Å². The third kappa shape index (κ3) is 4.11. The molecule has 1 atom stereocenters. The van der Waals surface area contributed by atoms with Crippen molar-refractivity contribution < 1.29 is 4.39 Å². The van der Waals surface area contributed by atoms with Gasteiger partial charge in [-0.15, -0.1) is 0 Å². The first-order valence-electron chi connectivity index (χ1n) is 10.4. The summed E-state index contributed by atoms with van der Waals surface area (Å²) in [5.74, 6) is -0.0843. The van der Waals surface area contributed by atoms with Gasteiger partial charge in [-0.2, -0.15) is 0 Å². The van der Waals surface area contributed by atoms with Gasteiger partial charge in [0.1, 0.15) is 5.82 Å². The van der Waals surface area contributed by atoms with Crippen molar-refractivity contribution in [2.24, 2.45) is 5.41 Å². The summed E-state index contributed by atoms with van der Waals surface area (Å²) in [4.78, 5) is 14.4. The largest absolute Gasteiger partial charge is 0.298 e. The molecule has 4 rings (SSSR count). The molecule has 0 bridgehead atoms. The van der Waals surface area contributed by atoms with Crippen LogP contribution in [0, 0.1) is 32.0 Å². The first kappa shape index (κ1) is 19.5. The number of aryl methyl sites for hydroxylation is 3. The van der Waals surface area contributed by atoms with Crippen molar-refractivity contribution in [2.45, 2.75) is 53.1 Å². The van der Waals surface area contributed by atoms with Crippen molar-refractivity contribution in [3.8, 4) is 0 Å². The minimum absolute atomic E-state index is 0.0843. The normalized spacial score (nSPS) is 23.6. The maximum absolute atomic E-state index is 14.1. The summed E-state index contributed by atoms with van der Waals surface area (Å²) >= 11 is 0. The van der Waals surface area contributed by atoms with E-state index in [4.69, 9.17) is 4.98 Å². The van der Waals surface area contributed by atoms with Gasteiger partial charge in [-0.1, -0.05) is 18.2 Å². The van der Waals surface area contributed by atoms with Gasteiger partial charge >= 0.3 is 0 Å². The van der Waals surface area contributed by atoms with Crippen LogP contribution < -0.4 is 0 Å². The highest BCUT2D eigenvalue weighted by Crippen LogP contribution is 2.40.